The van der Waals surface area contributed by atoms with Crippen molar-refractivity contribution in [3.63, 3.8) is 0 Å². The van der Waals surface area contributed by atoms with E-state index in [1.165, 1.54) is 0 Å². The maximum atomic E-state index is 12.5. The number of hydrogen-bond donors (Lipinski definition) is 1. The van der Waals surface area contributed by atoms with Crippen molar-refractivity contribution < 1.29 is 4.79 Å². The predicted octanol–water partition coefficient (Wildman–Crippen LogP) is 2.74. The summed E-state index contributed by atoms with van der Waals surface area (Å²) in [5.41, 5.74) is 1.74. The van der Waals surface area contributed by atoms with Crippen molar-refractivity contribution in [2.24, 2.45) is 0 Å². The molecule has 1 N–H and O–H groups in total. The highest BCUT2D eigenvalue weighted by Gasteiger charge is 2.51. The first kappa shape index (κ1) is 12.0. The summed E-state index contributed by atoms with van der Waals surface area (Å²) in [4.78, 5) is 12.5. The number of quaternary nitrogens is 1. The molecule has 1 fully saturated rings. The van der Waals surface area contributed by atoms with Gasteiger partial charge in [0.25, 0.3) is 5.11 Å². The van der Waals surface area contributed by atoms with E-state index in [1.807, 2.05) is 60.7 Å². The van der Waals surface area contributed by atoms with E-state index in [1.54, 1.807) is 0 Å². The lowest BCUT2D eigenvalue weighted by atomic mass is 10.2. The maximum Gasteiger partial charge on any atom is 0.350 e. The number of benzene rings is 2. The third kappa shape index (κ3) is 1.69. The Labute approximate surface area is 117 Å². The second-order valence-electron chi connectivity index (χ2n) is 4.39. The Balaban J connectivity index is 2.29. The Bertz CT molecular complexity index is 568. The average molecular weight is 269 g/mol. The van der Waals surface area contributed by atoms with Gasteiger partial charge in [0.2, 0.25) is 0 Å². The van der Waals surface area contributed by atoms with Crippen LogP contribution in [-0.2, 0) is 4.79 Å². The smallest absolute Gasteiger partial charge is 0.317 e. The van der Waals surface area contributed by atoms with Crippen LogP contribution < -0.4 is 9.80 Å². The van der Waals surface area contributed by atoms with Gasteiger partial charge in [-0.3, -0.25) is 0 Å². The monoisotopic (exact) mass is 269 g/mol. The largest absolute Gasteiger partial charge is 0.350 e. The molecule has 3 rings (SSSR count). The Morgan fingerprint density at radius 1 is 0.895 bits per heavy atom. The quantitative estimate of drug-likeness (QED) is 0.671. The molecule has 19 heavy (non-hydrogen) atoms. The zero-order valence-electron chi connectivity index (χ0n) is 10.2. The van der Waals surface area contributed by atoms with Gasteiger partial charge in [-0.05, 0) is 0 Å². The van der Waals surface area contributed by atoms with Crippen molar-refractivity contribution in [1.29, 1.82) is 0 Å². The first-order chi connectivity index (χ1) is 9.26. The molecule has 0 aliphatic carbocycles. The van der Waals surface area contributed by atoms with E-state index in [0.29, 0.717) is 5.11 Å². The van der Waals surface area contributed by atoms with Crippen LogP contribution in [0.25, 0.3) is 0 Å². The number of nitrogens with one attached hydrogen (secondary N) is 1. The lowest BCUT2D eigenvalue weighted by Crippen LogP contribution is -2.50. The molecule has 0 bridgehead atoms. The molecule has 0 spiro atoms. The van der Waals surface area contributed by atoms with Gasteiger partial charge in [0.1, 0.15) is 6.54 Å². The van der Waals surface area contributed by atoms with Crippen LogP contribution in [0.5, 0.6) is 0 Å². The molecule has 1 aliphatic heterocycles. The second kappa shape index (κ2) is 4.57. The van der Waals surface area contributed by atoms with Gasteiger partial charge in [-0.25, -0.2) is 4.79 Å². The highest BCUT2D eigenvalue weighted by molar-refractivity contribution is 7.80. The third-order valence-electron chi connectivity index (χ3n) is 3.36. The molecular weight excluding hydrogens is 256 g/mol. The number of hydrogen-bond acceptors (Lipinski definition) is 2. The molecule has 3 nitrogen and oxygen atoms in total. The zero-order chi connectivity index (χ0) is 13.3. The molecule has 4 heteroatoms. The van der Waals surface area contributed by atoms with Gasteiger partial charge in [-0.2, -0.15) is 0 Å². The minimum absolute atomic E-state index is 0.0169. The van der Waals surface area contributed by atoms with Gasteiger partial charge in [0.05, 0.1) is 0 Å². The molecule has 1 amide bonds. The van der Waals surface area contributed by atoms with Gasteiger partial charge < -0.3 is 5.32 Å². The fourth-order valence-corrected chi connectivity index (χ4v) is 2.86. The van der Waals surface area contributed by atoms with E-state index in [9.17, 15) is 4.79 Å². The number of thiocarbonyl (C=S) groups is 1. The Morgan fingerprint density at radius 2 is 1.37 bits per heavy atom. The first-order valence-electron chi connectivity index (χ1n) is 6.08. The van der Waals surface area contributed by atoms with Crippen LogP contribution in [0.4, 0.5) is 11.4 Å². The van der Waals surface area contributed by atoms with Crippen molar-refractivity contribution >= 4 is 34.6 Å². The van der Waals surface area contributed by atoms with E-state index in [2.05, 4.69) is 5.32 Å². The number of para-hydroxylation sites is 2. The van der Waals surface area contributed by atoms with Crippen LogP contribution in [0, 0.1) is 0 Å². The lowest BCUT2D eigenvalue weighted by molar-refractivity contribution is -0.122. The predicted molar refractivity (Wildman–Crippen MR) is 79.9 cm³/mol. The summed E-state index contributed by atoms with van der Waals surface area (Å²) >= 11 is 5.43. The zero-order valence-corrected chi connectivity index (χ0v) is 11.1. The second-order valence-corrected chi connectivity index (χ2v) is 4.78. The molecule has 2 aromatic carbocycles. The van der Waals surface area contributed by atoms with Gasteiger partial charge in [-0.15, -0.1) is 4.48 Å². The average Bonchev–Trinajstić information content (AvgIpc) is 2.77. The summed E-state index contributed by atoms with van der Waals surface area (Å²) in [6.45, 7) is 0.266. The van der Waals surface area contributed by atoms with Crippen LogP contribution in [-0.4, -0.2) is 17.6 Å². The van der Waals surface area contributed by atoms with Crippen molar-refractivity contribution in [3.05, 3.63) is 60.7 Å². The van der Waals surface area contributed by atoms with Gasteiger partial charge in [0, 0.05) is 36.5 Å². The standard InChI is InChI=1S/C15H12N2OS/c18-14-11-16-15(19)17(14,12-7-3-1-4-8-12)13-9-5-2-6-10-13/h1-10H,11H2/p+1. The van der Waals surface area contributed by atoms with E-state index < -0.39 is 0 Å². The van der Waals surface area contributed by atoms with Crippen LogP contribution in [0.2, 0.25) is 0 Å². The molecule has 0 saturated carbocycles. The molecule has 2 aromatic rings. The number of nitrogens with zero attached hydrogens (tertiary/aromatic N) is 1. The fourth-order valence-electron chi connectivity index (χ4n) is 2.48. The summed E-state index contributed by atoms with van der Waals surface area (Å²) in [5.74, 6) is 0.0439. The topological polar surface area (TPSA) is 29.1 Å². The molecular formula is C15H13N2OS+. The van der Waals surface area contributed by atoms with Crippen molar-refractivity contribution in [3.8, 4) is 0 Å². The molecule has 0 aromatic heterocycles. The third-order valence-corrected chi connectivity index (χ3v) is 3.77. The van der Waals surface area contributed by atoms with Crippen LogP contribution in [0.3, 0.4) is 0 Å². The lowest BCUT2D eigenvalue weighted by Gasteiger charge is -2.28. The minimum atomic E-state index is -0.0169. The molecule has 0 radical (unpaired) electrons. The molecule has 94 valence electrons. The molecule has 1 saturated heterocycles. The van der Waals surface area contributed by atoms with E-state index in [4.69, 9.17) is 12.2 Å². The Kier molecular flexibility index (Phi) is 2.89. The summed E-state index contributed by atoms with van der Waals surface area (Å²) in [7, 11) is 0. The normalized spacial score (nSPS) is 17.3. The number of amides is 1. The minimum Gasteiger partial charge on any atom is -0.317 e. The van der Waals surface area contributed by atoms with Gasteiger partial charge in [-0.1, -0.05) is 36.4 Å². The van der Waals surface area contributed by atoms with E-state index in [0.717, 1.165) is 11.4 Å². The summed E-state index contributed by atoms with van der Waals surface area (Å²) < 4.78 is -0.0169. The van der Waals surface area contributed by atoms with Crippen molar-refractivity contribution in [1.82, 2.24) is 9.80 Å². The van der Waals surface area contributed by atoms with Crippen molar-refractivity contribution in [2.45, 2.75) is 0 Å². The molecule has 1 aliphatic rings. The molecule has 1 heterocycles. The van der Waals surface area contributed by atoms with Crippen LogP contribution in [0.1, 0.15) is 0 Å². The summed E-state index contributed by atoms with van der Waals surface area (Å²) in [6.07, 6.45) is 0. The SMILES string of the molecule is O=C1CNC(=S)[N+]1(c1ccccc1)c1ccccc1. The van der Waals surface area contributed by atoms with Gasteiger partial charge >= 0.3 is 5.91 Å². The highest BCUT2D eigenvalue weighted by atomic mass is 32.1. The van der Waals surface area contributed by atoms with E-state index >= 15 is 0 Å². The number of carbonyl (C=O) groups excluding carboxylic acids is 1. The fraction of sp³-hybridized carbons (Fsp3) is 0.0667. The van der Waals surface area contributed by atoms with Gasteiger partial charge in [0.15, 0.2) is 11.4 Å². The van der Waals surface area contributed by atoms with Crippen molar-refractivity contribution in [2.75, 3.05) is 6.54 Å². The summed E-state index contributed by atoms with van der Waals surface area (Å²) in [6, 6.07) is 19.3. The number of carbonyl (C=O) groups is 1. The van der Waals surface area contributed by atoms with E-state index in [-0.39, 0.29) is 16.9 Å². The first-order valence-corrected chi connectivity index (χ1v) is 6.49. The summed E-state index contributed by atoms with van der Waals surface area (Å²) in [5, 5.41) is 3.54. The Morgan fingerprint density at radius 3 is 1.74 bits per heavy atom. The van der Waals surface area contributed by atoms with Crippen LogP contribution >= 0.6 is 12.2 Å². The van der Waals surface area contributed by atoms with Crippen LogP contribution in [0.15, 0.2) is 60.7 Å². The number of rotatable bonds is 2. The highest BCUT2D eigenvalue weighted by Crippen LogP contribution is 2.37. The Hall–Kier alpha value is -2.04. The maximum absolute atomic E-state index is 12.5. The molecule has 0 atom stereocenters. The molecule has 0 unspecified atom stereocenters.